The van der Waals surface area contributed by atoms with Crippen LogP contribution in [0.1, 0.15) is 18.5 Å². The molecule has 0 aliphatic carbocycles. The van der Waals surface area contributed by atoms with Crippen molar-refractivity contribution in [3.05, 3.63) is 60.2 Å². The van der Waals surface area contributed by atoms with Gasteiger partial charge in [-0.05, 0) is 25.1 Å². The lowest BCUT2D eigenvalue weighted by Gasteiger charge is -2.17. The van der Waals surface area contributed by atoms with Gasteiger partial charge in [0.25, 0.3) is 0 Å². The predicted molar refractivity (Wildman–Crippen MR) is 81.3 cm³/mol. The summed E-state index contributed by atoms with van der Waals surface area (Å²) in [5.41, 5.74) is 1.16. The van der Waals surface area contributed by atoms with Crippen molar-refractivity contribution in [2.45, 2.75) is 13.0 Å². The van der Waals surface area contributed by atoms with Crippen LogP contribution in [0.3, 0.4) is 0 Å². The van der Waals surface area contributed by atoms with Crippen molar-refractivity contribution >= 4 is 0 Å². The molecule has 0 spiro atoms. The van der Waals surface area contributed by atoms with E-state index in [1.54, 1.807) is 7.11 Å². The molecule has 0 fully saturated rings. The summed E-state index contributed by atoms with van der Waals surface area (Å²) in [6.07, 6.45) is 0. The smallest absolute Gasteiger partial charge is 0.123 e. The van der Waals surface area contributed by atoms with Gasteiger partial charge < -0.3 is 14.8 Å². The number of nitrogens with one attached hydrogen (secondary N) is 1. The Balaban J connectivity index is 1.79. The van der Waals surface area contributed by atoms with Gasteiger partial charge in [-0.3, -0.25) is 0 Å². The van der Waals surface area contributed by atoms with Crippen LogP contribution in [0.5, 0.6) is 11.5 Å². The number of ether oxygens (including phenoxy) is 2. The molecule has 0 aromatic heterocycles. The Morgan fingerprint density at radius 3 is 2.45 bits per heavy atom. The molecule has 0 bridgehead atoms. The SMILES string of the molecule is COc1ccccc1[C@@H](C)NCCOc1ccccc1. The van der Waals surface area contributed by atoms with E-state index in [0.717, 1.165) is 23.6 Å². The van der Waals surface area contributed by atoms with Crippen molar-refractivity contribution < 1.29 is 9.47 Å². The predicted octanol–water partition coefficient (Wildman–Crippen LogP) is 3.42. The van der Waals surface area contributed by atoms with Crippen molar-refractivity contribution in [3.63, 3.8) is 0 Å². The van der Waals surface area contributed by atoms with Crippen LogP contribution in [0.15, 0.2) is 54.6 Å². The van der Waals surface area contributed by atoms with Crippen LogP contribution < -0.4 is 14.8 Å². The Hall–Kier alpha value is -2.00. The van der Waals surface area contributed by atoms with Crippen LogP contribution >= 0.6 is 0 Å². The fraction of sp³-hybridized carbons (Fsp3) is 0.294. The van der Waals surface area contributed by atoms with Crippen LogP contribution in [0.4, 0.5) is 0 Å². The van der Waals surface area contributed by atoms with Crippen molar-refractivity contribution in [2.75, 3.05) is 20.3 Å². The minimum atomic E-state index is 0.227. The third-order valence-electron chi connectivity index (χ3n) is 3.17. The quantitative estimate of drug-likeness (QED) is 0.783. The van der Waals surface area contributed by atoms with E-state index in [9.17, 15) is 0 Å². The summed E-state index contributed by atoms with van der Waals surface area (Å²) < 4.78 is 11.0. The van der Waals surface area contributed by atoms with Gasteiger partial charge in [-0.15, -0.1) is 0 Å². The monoisotopic (exact) mass is 271 g/mol. The van der Waals surface area contributed by atoms with Crippen LogP contribution in [-0.2, 0) is 0 Å². The number of rotatable bonds is 7. The maximum atomic E-state index is 5.66. The highest BCUT2D eigenvalue weighted by Gasteiger charge is 2.09. The zero-order valence-corrected chi connectivity index (χ0v) is 12.0. The first-order valence-electron chi connectivity index (χ1n) is 6.85. The largest absolute Gasteiger partial charge is 0.496 e. The van der Waals surface area contributed by atoms with Gasteiger partial charge in [-0.1, -0.05) is 36.4 Å². The summed E-state index contributed by atoms with van der Waals surface area (Å²) in [6, 6.07) is 18.1. The molecular formula is C17H21NO2. The highest BCUT2D eigenvalue weighted by molar-refractivity contribution is 5.35. The van der Waals surface area contributed by atoms with Gasteiger partial charge in [-0.2, -0.15) is 0 Å². The summed E-state index contributed by atoms with van der Waals surface area (Å²) >= 11 is 0. The Labute approximate surface area is 120 Å². The number of methoxy groups -OCH3 is 1. The molecule has 1 atom stereocenters. The second-order valence-corrected chi connectivity index (χ2v) is 4.58. The molecule has 1 N–H and O–H groups in total. The third-order valence-corrected chi connectivity index (χ3v) is 3.17. The van der Waals surface area contributed by atoms with E-state index in [0.29, 0.717) is 6.61 Å². The maximum absolute atomic E-state index is 5.66. The first-order chi connectivity index (χ1) is 9.81. The lowest BCUT2D eigenvalue weighted by Crippen LogP contribution is -2.24. The molecule has 0 saturated carbocycles. The fourth-order valence-corrected chi connectivity index (χ4v) is 2.10. The van der Waals surface area contributed by atoms with Crippen molar-refractivity contribution in [2.24, 2.45) is 0 Å². The Bertz CT molecular complexity index is 513. The van der Waals surface area contributed by atoms with Gasteiger partial charge in [0.15, 0.2) is 0 Å². The van der Waals surface area contributed by atoms with Gasteiger partial charge >= 0.3 is 0 Å². The lowest BCUT2D eigenvalue weighted by atomic mass is 10.1. The van der Waals surface area contributed by atoms with Crippen LogP contribution in [0.25, 0.3) is 0 Å². The second kappa shape index (κ2) is 7.56. The van der Waals surface area contributed by atoms with E-state index in [-0.39, 0.29) is 6.04 Å². The van der Waals surface area contributed by atoms with E-state index < -0.39 is 0 Å². The Morgan fingerprint density at radius 1 is 1.00 bits per heavy atom. The number of hydrogen-bond acceptors (Lipinski definition) is 3. The normalized spacial score (nSPS) is 11.9. The molecule has 3 heteroatoms. The van der Waals surface area contributed by atoms with Crippen LogP contribution in [-0.4, -0.2) is 20.3 Å². The van der Waals surface area contributed by atoms with Crippen molar-refractivity contribution in [1.82, 2.24) is 5.32 Å². The summed E-state index contributed by atoms with van der Waals surface area (Å²) in [6.45, 7) is 3.55. The molecule has 3 nitrogen and oxygen atoms in total. The number of para-hydroxylation sites is 2. The molecule has 2 rings (SSSR count). The van der Waals surface area contributed by atoms with Gasteiger partial charge in [0.05, 0.1) is 7.11 Å². The highest BCUT2D eigenvalue weighted by Crippen LogP contribution is 2.23. The van der Waals surface area contributed by atoms with E-state index in [2.05, 4.69) is 18.3 Å². The first kappa shape index (κ1) is 14.4. The van der Waals surface area contributed by atoms with Crippen molar-refractivity contribution in [3.8, 4) is 11.5 Å². The Kier molecular flexibility index (Phi) is 5.44. The first-order valence-corrected chi connectivity index (χ1v) is 6.85. The molecule has 2 aromatic rings. The van der Waals surface area contributed by atoms with Gasteiger partial charge in [0.1, 0.15) is 18.1 Å². The lowest BCUT2D eigenvalue weighted by molar-refractivity contribution is 0.306. The number of hydrogen-bond donors (Lipinski definition) is 1. The summed E-state index contributed by atoms with van der Waals surface area (Å²) in [4.78, 5) is 0. The van der Waals surface area contributed by atoms with Crippen LogP contribution in [0, 0.1) is 0 Å². The average molecular weight is 271 g/mol. The van der Waals surface area contributed by atoms with E-state index in [1.165, 1.54) is 0 Å². The molecule has 2 aromatic carbocycles. The summed E-state index contributed by atoms with van der Waals surface area (Å²) in [7, 11) is 1.70. The number of benzene rings is 2. The summed E-state index contributed by atoms with van der Waals surface area (Å²) in [5.74, 6) is 1.82. The van der Waals surface area contributed by atoms with E-state index in [4.69, 9.17) is 9.47 Å². The third kappa shape index (κ3) is 4.00. The molecule has 106 valence electrons. The van der Waals surface area contributed by atoms with Gasteiger partial charge in [0, 0.05) is 18.2 Å². The molecular weight excluding hydrogens is 250 g/mol. The minimum Gasteiger partial charge on any atom is -0.496 e. The topological polar surface area (TPSA) is 30.5 Å². The van der Waals surface area contributed by atoms with E-state index in [1.807, 2.05) is 48.5 Å². The second-order valence-electron chi connectivity index (χ2n) is 4.58. The molecule has 0 saturated heterocycles. The van der Waals surface area contributed by atoms with Gasteiger partial charge in [0.2, 0.25) is 0 Å². The van der Waals surface area contributed by atoms with Gasteiger partial charge in [-0.25, -0.2) is 0 Å². The molecule has 0 aliphatic heterocycles. The minimum absolute atomic E-state index is 0.227. The van der Waals surface area contributed by atoms with Crippen molar-refractivity contribution in [1.29, 1.82) is 0 Å². The molecule has 0 radical (unpaired) electrons. The van der Waals surface area contributed by atoms with E-state index >= 15 is 0 Å². The Morgan fingerprint density at radius 2 is 1.70 bits per heavy atom. The zero-order valence-electron chi connectivity index (χ0n) is 12.0. The van der Waals surface area contributed by atoms with Crippen LogP contribution in [0.2, 0.25) is 0 Å². The fourth-order valence-electron chi connectivity index (χ4n) is 2.10. The molecule has 20 heavy (non-hydrogen) atoms. The molecule has 0 amide bonds. The molecule has 0 unspecified atom stereocenters. The average Bonchev–Trinajstić information content (AvgIpc) is 2.52. The zero-order chi connectivity index (χ0) is 14.2. The maximum Gasteiger partial charge on any atom is 0.123 e. The standard InChI is InChI=1S/C17H21NO2/c1-14(16-10-6-7-11-17(16)19-2)18-12-13-20-15-8-4-3-5-9-15/h3-11,14,18H,12-13H2,1-2H3/t14-/m1/s1. The summed E-state index contributed by atoms with van der Waals surface area (Å²) in [5, 5.41) is 3.44. The highest BCUT2D eigenvalue weighted by atomic mass is 16.5. The molecule has 0 aliphatic rings. The molecule has 0 heterocycles.